The van der Waals surface area contributed by atoms with Crippen LogP contribution in [0.3, 0.4) is 0 Å². The molecule has 4 nitrogen and oxygen atoms in total. The third-order valence-electron chi connectivity index (χ3n) is 2.27. The number of carboxylic acids is 1. The number of rotatable bonds is 4. The number of carbonyl (C=O) groups is 2. The molecule has 1 unspecified atom stereocenters. The van der Waals surface area contributed by atoms with E-state index in [2.05, 4.69) is 15.9 Å². The van der Waals surface area contributed by atoms with Crippen molar-refractivity contribution in [2.75, 3.05) is 14.1 Å². The van der Waals surface area contributed by atoms with Crippen LogP contribution < -0.4 is 0 Å². The minimum atomic E-state index is -0.990. The van der Waals surface area contributed by atoms with Crippen LogP contribution >= 0.6 is 27.7 Å². The Labute approximate surface area is 118 Å². The molecular weight excluding hydrogens is 318 g/mol. The fourth-order valence-corrected chi connectivity index (χ4v) is 2.83. The molecule has 0 saturated carbocycles. The van der Waals surface area contributed by atoms with Gasteiger partial charge in [-0.25, -0.2) is 4.79 Å². The molecule has 0 fully saturated rings. The Morgan fingerprint density at radius 2 is 2.00 bits per heavy atom. The van der Waals surface area contributed by atoms with Gasteiger partial charge in [-0.1, -0.05) is 0 Å². The summed E-state index contributed by atoms with van der Waals surface area (Å²) >= 11 is 4.53. The van der Waals surface area contributed by atoms with Crippen molar-refractivity contribution in [3.05, 3.63) is 28.2 Å². The zero-order chi connectivity index (χ0) is 13.9. The molecule has 0 saturated heterocycles. The van der Waals surface area contributed by atoms with Gasteiger partial charge in [-0.15, -0.1) is 11.8 Å². The van der Waals surface area contributed by atoms with Crippen molar-refractivity contribution in [1.82, 2.24) is 4.90 Å². The number of aromatic carboxylic acids is 1. The second kappa shape index (κ2) is 6.24. The van der Waals surface area contributed by atoms with E-state index in [1.165, 1.54) is 16.7 Å². The molecule has 0 aromatic heterocycles. The van der Waals surface area contributed by atoms with E-state index in [1.807, 2.05) is 0 Å². The summed E-state index contributed by atoms with van der Waals surface area (Å²) in [7, 11) is 3.40. The average Bonchev–Trinajstić information content (AvgIpc) is 2.29. The average molecular weight is 332 g/mol. The van der Waals surface area contributed by atoms with Gasteiger partial charge >= 0.3 is 5.97 Å². The van der Waals surface area contributed by atoms with E-state index in [0.29, 0.717) is 4.47 Å². The molecule has 0 spiro atoms. The Bertz CT molecular complexity index is 476. The molecule has 1 aromatic carbocycles. The van der Waals surface area contributed by atoms with Crippen LogP contribution in [0.15, 0.2) is 27.6 Å². The highest BCUT2D eigenvalue weighted by Crippen LogP contribution is 2.28. The van der Waals surface area contributed by atoms with E-state index in [0.717, 1.165) is 4.90 Å². The summed E-state index contributed by atoms with van der Waals surface area (Å²) < 4.78 is 0.533. The van der Waals surface area contributed by atoms with Crippen LogP contribution in [0.4, 0.5) is 0 Å². The number of amides is 1. The molecule has 0 bridgehead atoms. The maximum absolute atomic E-state index is 11.7. The molecule has 98 valence electrons. The molecule has 18 heavy (non-hydrogen) atoms. The molecule has 0 radical (unpaired) electrons. The first-order valence-electron chi connectivity index (χ1n) is 5.23. The first kappa shape index (κ1) is 15.0. The summed E-state index contributed by atoms with van der Waals surface area (Å²) in [6, 6.07) is 5.04. The van der Waals surface area contributed by atoms with E-state index < -0.39 is 5.97 Å². The summed E-state index contributed by atoms with van der Waals surface area (Å²) in [4.78, 5) is 25.0. The first-order chi connectivity index (χ1) is 8.32. The monoisotopic (exact) mass is 331 g/mol. The summed E-state index contributed by atoms with van der Waals surface area (Å²) in [5, 5.41) is 8.76. The number of carboxylic acid groups (broad SMARTS) is 1. The van der Waals surface area contributed by atoms with Crippen molar-refractivity contribution in [2.45, 2.75) is 17.1 Å². The van der Waals surface area contributed by atoms with Gasteiger partial charge in [0.2, 0.25) is 5.91 Å². The Hall–Kier alpha value is -1.01. The third kappa shape index (κ3) is 3.74. The lowest BCUT2D eigenvalue weighted by atomic mass is 10.2. The van der Waals surface area contributed by atoms with Crippen molar-refractivity contribution in [2.24, 2.45) is 0 Å². The number of benzene rings is 1. The van der Waals surface area contributed by atoms with Gasteiger partial charge in [-0.05, 0) is 41.1 Å². The summed E-state index contributed by atoms with van der Waals surface area (Å²) in [5.74, 6) is -0.990. The molecule has 6 heteroatoms. The standard InChI is InChI=1S/C12H14BrNO3S/c1-7(11(15)14(2)3)18-8-4-5-10(13)9(6-8)12(16)17/h4-7H,1-3H3,(H,16,17). The number of hydrogen-bond acceptors (Lipinski definition) is 3. The fourth-order valence-electron chi connectivity index (χ4n) is 1.36. The molecule has 0 aliphatic carbocycles. The van der Waals surface area contributed by atoms with E-state index >= 15 is 0 Å². The van der Waals surface area contributed by atoms with Crippen LogP contribution in [0.25, 0.3) is 0 Å². The predicted molar refractivity (Wildman–Crippen MR) is 75.1 cm³/mol. The molecule has 0 heterocycles. The number of carbonyl (C=O) groups excluding carboxylic acids is 1. The second-order valence-electron chi connectivity index (χ2n) is 3.94. The lowest BCUT2D eigenvalue weighted by Gasteiger charge is -2.16. The molecule has 1 atom stereocenters. The van der Waals surface area contributed by atoms with Crippen molar-refractivity contribution in [3.8, 4) is 0 Å². The van der Waals surface area contributed by atoms with Crippen molar-refractivity contribution in [1.29, 1.82) is 0 Å². The van der Waals surface area contributed by atoms with Crippen LogP contribution in [0.5, 0.6) is 0 Å². The number of thioether (sulfide) groups is 1. The highest BCUT2D eigenvalue weighted by atomic mass is 79.9. The molecule has 1 amide bonds. The zero-order valence-corrected chi connectivity index (χ0v) is 12.7. The van der Waals surface area contributed by atoms with Gasteiger partial charge in [0.05, 0.1) is 10.8 Å². The Balaban J connectivity index is 2.89. The van der Waals surface area contributed by atoms with Gasteiger partial charge in [0, 0.05) is 23.5 Å². The maximum atomic E-state index is 11.7. The maximum Gasteiger partial charge on any atom is 0.336 e. The number of hydrogen-bond donors (Lipinski definition) is 1. The minimum Gasteiger partial charge on any atom is -0.478 e. The predicted octanol–water partition coefficient (Wildman–Crippen LogP) is 2.72. The SMILES string of the molecule is CC(Sc1ccc(Br)c(C(=O)O)c1)C(=O)N(C)C. The lowest BCUT2D eigenvalue weighted by molar-refractivity contribution is -0.127. The van der Waals surface area contributed by atoms with E-state index in [4.69, 9.17) is 5.11 Å². The van der Waals surface area contributed by atoms with Crippen LogP contribution in [0.1, 0.15) is 17.3 Å². The minimum absolute atomic E-state index is 0.000191. The number of nitrogens with zero attached hydrogens (tertiary/aromatic N) is 1. The van der Waals surface area contributed by atoms with E-state index in [9.17, 15) is 9.59 Å². The second-order valence-corrected chi connectivity index (χ2v) is 6.21. The van der Waals surface area contributed by atoms with Crippen LogP contribution in [-0.2, 0) is 4.79 Å². The molecule has 1 N–H and O–H groups in total. The topological polar surface area (TPSA) is 57.6 Å². The van der Waals surface area contributed by atoms with Gasteiger partial charge in [0.15, 0.2) is 0 Å². The third-order valence-corrected chi connectivity index (χ3v) is 4.04. The Morgan fingerprint density at radius 3 is 2.50 bits per heavy atom. The lowest BCUT2D eigenvalue weighted by Crippen LogP contribution is -2.29. The van der Waals surface area contributed by atoms with Gasteiger partial charge in [-0.3, -0.25) is 4.79 Å². The molecule has 0 aliphatic rings. The van der Waals surface area contributed by atoms with Crippen LogP contribution in [0.2, 0.25) is 0 Å². The highest BCUT2D eigenvalue weighted by Gasteiger charge is 2.17. The molecular formula is C12H14BrNO3S. The summed E-state index contributed by atoms with van der Waals surface area (Å²) in [5.41, 5.74) is 0.199. The largest absolute Gasteiger partial charge is 0.478 e. The summed E-state index contributed by atoms with van der Waals surface area (Å²) in [6.07, 6.45) is 0. The molecule has 0 aliphatic heterocycles. The van der Waals surface area contributed by atoms with Crippen LogP contribution in [0, 0.1) is 0 Å². The number of halogens is 1. The first-order valence-corrected chi connectivity index (χ1v) is 6.91. The Morgan fingerprint density at radius 1 is 1.39 bits per heavy atom. The van der Waals surface area contributed by atoms with E-state index in [-0.39, 0.29) is 16.7 Å². The van der Waals surface area contributed by atoms with Gasteiger partial charge in [0.1, 0.15) is 0 Å². The van der Waals surface area contributed by atoms with Crippen molar-refractivity contribution in [3.63, 3.8) is 0 Å². The summed E-state index contributed by atoms with van der Waals surface area (Å²) in [6.45, 7) is 1.80. The van der Waals surface area contributed by atoms with Gasteiger partial charge < -0.3 is 10.0 Å². The molecule has 1 aromatic rings. The van der Waals surface area contributed by atoms with Gasteiger partial charge in [0.25, 0.3) is 0 Å². The van der Waals surface area contributed by atoms with Crippen molar-refractivity contribution < 1.29 is 14.7 Å². The van der Waals surface area contributed by atoms with Gasteiger partial charge in [-0.2, -0.15) is 0 Å². The zero-order valence-electron chi connectivity index (χ0n) is 10.3. The van der Waals surface area contributed by atoms with Crippen LogP contribution in [-0.4, -0.2) is 41.2 Å². The molecule has 1 rings (SSSR count). The van der Waals surface area contributed by atoms with Crippen molar-refractivity contribution >= 4 is 39.6 Å². The fraction of sp³-hybridized carbons (Fsp3) is 0.333. The Kier molecular flexibility index (Phi) is 5.22. The quantitative estimate of drug-likeness (QED) is 0.862. The van der Waals surface area contributed by atoms with E-state index in [1.54, 1.807) is 39.2 Å². The normalized spacial score (nSPS) is 12.0. The highest BCUT2D eigenvalue weighted by molar-refractivity contribution is 9.10. The smallest absolute Gasteiger partial charge is 0.336 e.